The number of hydrogen-bond acceptors (Lipinski definition) is 5. The summed E-state index contributed by atoms with van der Waals surface area (Å²) in [6, 6.07) is 10.5. The van der Waals surface area contributed by atoms with Crippen LogP contribution in [0, 0.1) is 0 Å². The third-order valence-corrected chi connectivity index (χ3v) is 6.03. The predicted molar refractivity (Wildman–Crippen MR) is 119 cm³/mol. The van der Waals surface area contributed by atoms with Gasteiger partial charge in [-0.2, -0.15) is 0 Å². The predicted octanol–water partition coefficient (Wildman–Crippen LogP) is 4.07. The quantitative estimate of drug-likeness (QED) is 0.650. The lowest BCUT2D eigenvalue weighted by Crippen LogP contribution is -2.35. The molecule has 1 aromatic carbocycles. The Morgan fingerprint density at radius 1 is 1.27 bits per heavy atom. The van der Waals surface area contributed by atoms with Gasteiger partial charge in [0.05, 0.1) is 13.0 Å². The van der Waals surface area contributed by atoms with E-state index in [1.165, 1.54) is 17.5 Å². The number of carboxylic acid groups (broad SMARTS) is 1. The molecule has 2 aliphatic heterocycles. The fraction of sp³-hybridized carbons (Fsp3) is 0.500. The van der Waals surface area contributed by atoms with Crippen LogP contribution in [0.1, 0.15) is 49.4 Å². The fourth-order valence-electron chi connectivity index (χ4n) is 4.56. The number of carboxylic acids is 1. The minimum absolute atomic E-state index is 0.0595. The summed E-state index contributed by atoms with van der Waals surface area (Å²) >= 11 is 0. The molecule has 4 rings (SSSR count). The van der Waals surface area contributed by atoms with Crippen molar-refractivity contribution in [3.8, 4) is 5.75 Å². The second-order valence-corrected chi connectivity index (χ2v) is 8.21. The number of aromatic nitrogens is 1. The van der Waals surface area contributed by atoms with Crippen LogP contribution in [0.4, 0.5) is 11.5 Å². The third kappa shape index (κ3) is 4.69. The SMILES string of the molecule is CCCC(CC(=O)O)N1CCc2cc(OCCc3ccc4c(n3)NCCC4)ccc21. The van der Waals surface area contributed by atoms with Crippen molar-refractivity contribution in [1.82, 2.24) is 4.98 Å². The van der Waals surface area contributed by atoms with E-state index >= 15 is 0 Å². The molecule has 6 heteroatoms. The number of rotatable bonds is 9. The molecule has 1 atom stereocenters. The van der Waals surface area contributed by atoms with Gasteiger partial charge in [-0.15, -0.1) is 0 Å². The van der Waals surface area contributed by atoms with E-state index in [0.717, 1.165) is 68.1 Å². The Hall–Kier alpha value is -2.76. The summed E-state index contributed by atoms with van der Waals surface area (Å²) in [5.74, 6) is 1.17. The summed E-state index contributed by atoms with van der Waals surface area (Å²) in [6.45, 7) is 4.57. The first-order valence-corrected chi connectivity index (χ1v) is 11.1. The third-order valence-electron chi connectivity index (χ3n) is 6.03. The molecule has 0 aliphatic carbocycles. The Morgan fingerprint density at radius 3 is 3.00 bits per heavy atom. The highest BCUT2D eigenvalue weighted by molar-refractivity contribution is 5.69. The van der Waals surface area contributed by atoms with E-state index in [9.17, 15) is 9.90 Å². The van der Waals surface area contributed by atoms with Gasteiger partial charge < -0.3 is 20.1 Å². The van der Waals surface area contributed by atoms with Gasteiger partial charge >= 0.3 is 5.97 Å². The molecule has 6 nitrogen and oxygen atoms in total. The van der Waals surface area contributed by atoms with Crippen LogP contribution < -0.4 is 15.0 Å². The van der Waals surface area contributed by atoms with Crippen LogP contribution in [0.25, 0.3) is 0 Å². The van der Waals surface area contributed by atoms with E-state index in [1.54, 1.807) is 0 Å². The Balaban J connectivity index is 1.36. The molecule has 1 unspecified atom stereocenters. The van der Waals surface area contributed by atoms with Crippen LogP contribution >= 0.6 is 0 Å². The summed E-state index contributed by atoms with van der Waals surface area (Å²) in [6.07, 6.45) is 6.05. The van der Waals surface area contributed by atoms with E-state index in [2.05, 4.69) is 41.4 Å². The van der Waals surface area contributed by atoms with Crippen molar-refractivity contribution in [2.45, 2.75) is 57.9 Å². The molecule has 0 saturated carbocycles. The highest BCUT2D eigenvalue weighted by Crippen LogP contribution is 2.34. The lowest BCUT2D eigenvalue weighted by Gasteiger charge is -2.29. The van der Waals surface area contributed by atoms with Gasteiger partial charge in [0, 0.05) is 36.9 Å². The van der Waals surface area contributed by atoms with Gasteiger partial charge in [-0.1, -0.05) is 19.4 Å². The highest BCUT2D eigenvalue weighted by Gasteiger charge is 2.27. The molecular weight excluding hydrogens is 378 g/mol. The second-order valence-electron chi connectivity index (χ2n) is 8.21. The van der Waals surface area contributed by atoms with E-state index in [-0.39, 0.29) is 12.5 Å². The van der Waals surface area contributed by atoms with Gasteiger partial charge in [0.2, 0.25) is 0 Å². The van der Waals surface area contributed by atoms with E-state index in [4.69, 9.17) is 9.72 Å². The smallest absolute Gasteiger partial charge is 0.305 e. The Labute approximate surface area is 178 Å². The number of hydrogen-bond donors (Lipinski definition) is 2. The first-order valence-electron chi connectivity index (χ1n) is 11.1. The summed E-state index contributed by atoms with van der Waals surface area (Å²) in [4.78, 5) is 18.3. The van der Waals surface area contributed by atoms with E-state index in [1.807, 2.05) is 6.07 Å². The minimum atomic E-state index is -0.729. The van der Waals surface area contributed by atoms with E-state index in [0.29, 0.717) is 6.61 Å². The molecule has 2 N–H and O–H groups in total. The summed E-state index contributed by atoms with van der Waals surface area (Å²) in [5.41, 5.74) is 4.75. The normalized spacial score (nSPS) is 15.8. The summed E-state index contributed by atoms with van der Waals surface area (Å²) < 4.78 is 6.01. The van der Waals surface area contributed by atoms with Gasteiger partial charge in [-0.3, -0.25) is 4.79 Å². The zero-order valence-corrected chi connectivity index (χ0v) is 17.7. The molecule has 0 spiro atoms. The monoisotopic (exact) mass is 409 g/mol. The van der Waals surface area contributed by atoms with Gasteiger partial charge in [-0.05, 0) is 61.1 Å². The first kappa shape index (κ1) is 20.5. The number of anilines is 2. The second kappa shape index (κ2) is 9.37. The number of carbonyl (C=O) groups is 1. The largest absolute Gasteiger partial charge is 0.493 e. The van der Waals surface area contributed by atoms with Crippen LogP contribution in [0.3, 0.4) is 0 Å². The van der Waals surface area contributed by atoms with Crippen molar-refractivity contribution in [1.29, 1.82) is 0 Å². The maximum absolute atomic E-state index is 11.3. The lowest BCUT2D eigenvalue weighted by molar-refractivity contribution is -0.137. The first-order chi connectivity index (χ1) is 14.6. The number of nitrogens with one attached hydrogen (secondary N) is 1. The zero-order chi connectivity index (χ0) is 20.9. The molecule has 0 saturated heterocycles. The van der Waals surface area contributed by atoms with Crippen molar-refractivity contribution >= 4 is 17.5 Å². The van der Waals surface area contributed by atoms with Crippen LogP contribution in [0.15, 0.2) is 30.3 Å². The molecule has 30 heavy (non-hydrogen) atoms. The Bertz CT molecular complexity index is 899. The fourth-order valence-corrected chi connectivity index (χ4v) is 4.56. The molecule has 0 fully saturated rings. The molecule has 160 valence electrons. The summed E-state index contributed by atoms with van der Waals surface area (Å²) in [5, 5.41) is 12.6. The number of aliphatic carboxylic acids is 1. The van der Waals surface area contributed by atoms with Crippen molar-refractivity contribution in [2.75, 3.05) is 29.9 Å². The maximum atomic E-state index is 11.3. The number of pyridine rings is 1. The zero-order valence-electron chi connectivity index (χ0n) is 17.7. The van der Waals surface area contributed by atoms with Gasteiger partial charge in [0.15, 0.2) is 0 Å². The lowest BCUT2D eigenvalue weighted by atomic mass is 10.1. The number of ether oxygens (including phenoxy) is 1. The van der Waals surface area contributed by atoms with Crippen LogP contribution in [0.5, 0.6) is 5.75 Å². The van der Waals surface area contributed by atoms with Crippen LogP contribution in [-0.2, 0) is 24.1 Å². The topological polar surface area (TPSA) is 74.7 Å². The van der Waals surface area contributed by atoms with E-state index < -0.39 is 5.97 Å². The van der Waals surface area contributed by atoms with Crippen LogP contribution in [-0.4, -0.2) is 41.8 Å². The highest BCUT2D eigenvalue weighted by atomic mass is 16.5. The van der Waals surface area contributed by atoms with Gasteiger partial charge in [-0.25, -0.2) is 4.98 Å². The molecule has 0 bridgehead atoms. The average molecular weight is 410 g/mol. The average Bonchev–Trinajstić information content (AvgIpc) is 3.16. The number of fused-ring (bicyclic) bond motifs is 2. The van der Waals surface area contributed by atoms with Crippen molar-refractivity contribution in [2.24, 2.45) is 0 Å². The molecule has 0 radical (unpaired) electrons. The Kier molecular flexibility index (Phi) is 6.41. The van der Waals surface area contributed by atoms with Crippen LogP contribution in [0.2, 0.25) is 0 Å². The minimum Gasteiger partial charge on any atom is -0.493 e. The molecule has 2 aromatic rings. The molecule has 1 aromatic heterocycles. The van der Waals surface area contributed by atoms with Gasteiger partial charge in [0.25, 0.3) is 0 Å². The molecule has 3 heterocycles. The standard InChI is InChI=1S/C24H31N3O3/c1-2-4-20(16-23(28)29)27-13-10-18-15-21(8-9-22(18)27)30-14-11-19-7-6-17-5-3-12-25-24(17)26-19/h6-9,15,20H,2-5,10-14,16H2,1H3,(H,25,26)(H,28,29). The number of aryl methyl sites for hydroxylation is 1. The molecule has 0 amide bonds. The maximum Gasteiger partial charge on any atom is 0.305 e. The van der Waals surface area contributed by atoms with Crippen molar-refractivity contribution < 1.29 is 14.6 Å². The number of benzene rings is 1. The molecular formula is C24H31N3O3. The van der Waals surface area contributed by atoms with Crippen molar-refractivity contribution in [3.63, 3.8) is 0 Å². The number of nitrogens with zero attached hydrogens (tertiary/aromatic N) is 2. The summed E-state index contributed by atoms with van der Waals surface area (Å²) in [7, 11) is 0. The molecule has 2 aliphatic rings. The van der Waals surface area contributed by atoms with Crippen molar-refractivity contribution in [3.05, 3.63) is 47.2 Å². The Morgan fingerprint density at radius 2 is 2.17 bits per heavy atom. The van der Waals surface area contributed by atoms with Gasteiger partial charge in [0.1, 0.15) is 11.6 Å².